The van der Waals surface area contributed by atoms with E-state index < -0.39 is 0 Å². The lowest BCUT2D eigenvalue weighted by molar-refractivity contribution is 0.697. The third-order valence-corrected chi connectivity index (χ3v) is 3.57. The lowest BCUT2D eigenvalue weighted by Gasteiger charge is -2.12. The van der Waals surface area contributed by atoms with Crippen LogP contribution in [0.15, 0.2) is 67.0 Å². The van der Waals surface area contributed by atoms with Crippen molar-refractivity contribution in [2.45, 2.75) is 12.5 Å². The van der Waals surface area contributed by atoms with Gasteiger partial charge in [-0.05, 0) is 47.4 Å². The van der Waals surface area contributed by atoms with Gasteiger partial charge >= 0.3 is 0 Å². The third-order valence-electron chi connectivity index (χ3n) is 3.57. The van der Waals surface area contributed by atoms with Crippen molar-refractivity contribution in [3.8, 4) is 11.1 Å². The number of rotatable bonds is 4. The van der Waals surface area contributed by atoms with Gasteiger partial charge in [0.2, 0.25) is 0 Å². The second-order valence-corrected chi connectivity index (χ2v) is 5.23. The molecule has 2 aromatic heterocycles. The molecule has 22 heavy (non-hydrogen) atoms. The predicted octanol–water partition coefficient (Wildman–Crippen LogP) is 2.97. The molecule has 0 amide bonds. The Morgan fingerprint density at radius 1 is 0.864 bits per heavy atom. The van der Waals surface area contributed by atoms with Crippen molar-refractivity contribution in [2.75, 3.05) is 5.73 Å². The van der Waals surface area contributed by atoms with Gasteiger partial charge in [0.1, 0.15) is 5.82 Å². The fourth-order valence-corrected chi connectivity index (χ4v) is 2.43. The van der Waals surface area contributed by atoms with E-state index in [1.165, 1.54) is 5.56 Å². The fraction of sp³-hybridized carbons (Fsp3) is 0.111. The van der Waals surface area contributed by atoms with Gasteiger partial charge in [0.15, 0.2) is 0 Å². The lowest BCUT2D eigenvalue weighted by atomic mass is 10.0. The first-order valence-corrected chi connectivity index (χ1v) is 7.20. The zero-order chi connectivity index (χ0) is 15.4. The number of aromatic nitrogens is 2. The van der Waals surface area contributed by atoms with Crippen LogP contribution in [0, 0.1) is 0 Å². The van der Waals surface area contributed by atoms with E-state index in [-0.39, 0.29) is 6.04 Å². The summed E-state index contributed by atoms with van der Waals surface area (Å²) in [5.74, 6) is 0.504. The second-order valence-electron chi connectivity index (χ2n) is 5.23. The van der Waals surface area contributed by atoms with Crippen LogP contribution in [0.2, 0.25) is 0 Å². The SMILES string of the molecule is Nc1cc(-c2ccnc(C(N)Cc3ccccc3)c2)ccn1. The molecular weight excluding hydrogens is 272 g/mol. The molecule has 0 radical (unpaired) electrons. The van der Waals surface area contributed by atoms with Crippen molar-refractivity contribution in [1.29, 1.82) is 0 Å². The highest BCUT2D eigenvalue weighted by atomic mass is 14.8. The number of hydrogen-bond acceptors (Lipinski definition) is 4. The van der Waals surface area contributed by atoms with Crippen molar-refractivity contribution in [2.24, 2.45) is 5.73 Å². The number of benzene rings is 1. The summed E-state index contributed by atoms with van der Waals surface area (Å²) in [4.78, 5) is 8.43. The quantitative estimate of drug-likeness (QED) is 0.774. The Morgan fingerprint density at radius 2 is 1.55 bits per heavy atom. The minimum absolute atomic E-state index is 0.137. The largest absolute Gasteiger partial charge is 0.384 e. The van der Waals surface area contributed by atoms with Crippen LogP contribution in [0.3, 0.4) is 0 Å². The number of nitrogen functional groups attached to an aromatic ring is 1. The van der Waals surface area contributed by atoms with Crippen molar-refractivity contribution in [1.82, 2.24) is 9.97 Å². The fourth-order valence-electron chi connectivity index (χ4n) is 2.43. The van der Waals surface area contributed by atoms with Crippen LogP contribution < -0.4 is 11.5 Å². The maximum Gasteiger partial charge on any atom is 0.123 e. The van der Waals surface area contributed by atoms with Gasteiger partial charge in [-0.1, -0.05) is 30.3 Å². The van der Waals surface area contributed by atoms with Crippen LogP contribution in [0.4, 0.5) is 5.82 Å². The van der Waals surface area contributed by atoms with Gasteiger partial charge in [0.05, 0.1) is 11.7 Å². The minimum Gasteiger partial charge on any atom is -0.384 e. The lowest BCUT2D eigenvalue weighted by Crippen LogP contribution is -2.14. The highest BCUT2D eigenvalue weighted by molar-refractivity contribution is 5.65. The molecule has 4 N–H and O–H groups in total. The number of nitrogens with two attached hydrogens (primary N) is 2. The molecule has 0 saturated heterocycles. The highest BCUT2D eigenvalue weighted by Crippen LogP contribution is 2.23. The molecule has 3 aromatic rings. The summed E-state index contributed by atoms with van der Waals surface area (Å²) < 4.78 is 0. The topological polar surface area (TPSA) is 77.8 Å². The molecule has 1 atom stereocenters. The van der Waals surface area contributed by atoms with Gasteiger partial charge < -0.3 is 11.5 Å². The molecule has 0 fully saturated rings. The van der Waals surface area contributed by atoms with Crippen LogP contribution in [0.1, 0.15) is 17.3 Å². The Kier molecular flexibility index (Phi) is 4.12. The summed E-state index contributed by atoms with van der Waals surface area (Å²) >= 11 is 0. The van der Waals surface area contributed by atoms with Crippen molar-refractivity contribution < 1.29 is 0 Å². The summed E-state index contributed by atoms with van der Waals surface area (Å²) in [7, 11) is 0. The molecule has 0 aliphatic carbocycles. The minimum atomic E-state index is -0.137. The number of hydrogen-bond donors (Lipinski definition) is 2. The van der Waals surface area contributed by atoms with Crippen LogP contribution in [-0.4, -0.2) is 9.97 Å². The average Bonchev–Trinajstić information content (AvgIpc) is 2.56. The van der Waals surface area contributed by atoms with Crippen LogP contribution >= 0.6 is 0 Å². The van der Waals surface area contributed by atoms with Crippen molar-refractivity contribution in [3.05, 3.63) is 78.2 Å². The van der Waals surface area contributed by atoms with E-state index in [4.69, 9.17) is 11.5 Å². The molecule has 0 aliphatic heterocycles. The van der Waals surface area contributed by atoms with Gasteiger partial charge in [-0.3, -0.25) is 4.98 Å². The van der Waals surface area contributed by atoms with E-state index in [1.54, 1.807) is 12.4 Å². The van der Waals surface area contributed by atoms with Crippen LogP contribution in [0.5, 0.6) is 0 Å². The van der Waals surface area contributed by atoms with E-state index >= 15 is 0 Å². The highest BCUT2D eigenvalue weighted by Gasteiger charge is 2.10. The van der Waals surface area contributed by atoms with E-state index in [2.05, 4.69) is 22.1 Å². The van der Waals surface area contributed by atoms with Gasteiger partial charge in [0, 0.05) is 12.4 Å². The molecular formula is C18H18N4. The first-order chi connectivity index (χ1) is 10.7. The summed E-state index contributed by atoms with van der Waals surface area (Å²) in [6.45, 7) is 0. The standard InChI is InChI=1S/C18H18N4/c19-16(10-13-4-2-1-3-5-13)17-11-14(6-8-21-17)15-7-9-22-18(20)12-15/h1-9,11-12,16H,10,19H2,(H2,20,22). The molecule has 110 valence electrons. The molecule has 0 aliphatic rings. The monoisotopic (exact) mass is 290 g/mol. The Bertz CT molecular complexity index is 756. The molecule has 0 bridgehead atoms. The Balaban J connectivity index is 1.84. The first kappa shape index (κ1) is 14.2. The summed E-state index contributed by atoms with van der Waals surface area (Å²) in [6.07, 6.45) is 4.25. The zero-order valence-electron chi connectivity index (χ0n) is 12.2. The van der Waals surface area contributed by atoms with Gasteiger partial charge in [-0.15, -0.1) is 0 Å². The van der Waals surface area contributed by atoms with Crippen molar-refractivity contribution >= 4 is 5.82 Å². The average molecular weight is 290 g/mol. The van der Waals surface area contributed by atoms with Gasteiger partial charge in [-0.2, -0.15) is 0 Å². The predicted molar refractivity (Wildman–Crippen MR) is 89.0 cm³/mol. The third kappa shape index (κ3) is 3.30. The normalized spacial score (nSPS) is 12.0. The molecule has 0 saturated carbocycles. The Labute approximate surface area is 129 Å². The van der Waals surface area contributed by atoms with E-state index in [9.17, 15) is 0 Å². The molecule has 1 unspecified atom stereocenters. The van der Waals surface area contributed by atoms with E-state index in [0.717, 1.165) is 23.2 Å². The van der Waals surface area contributed by atoms with E-state index in [0.29, 0.717) is 5.82 Å². The van der Waals surface area contributed by atoms with Crippen LogP contribution in [0.25, 0.3) is 11.1 Å². The Morgan fingerprint density at radius 3 is 2.27 bits per heavy atom. The van der Waals surface area contributed by atoms with Crippen LogP contribution in [-0.2, 0) is 6.42 Å². The number of pyridine rings is 2. The van der Waals surface area contributed by atoms with Crippen molar-refractivity contribution in [3.63, 3.8) is 0 Å². The molecule has 0 spiro atoms. The maximum atomic E-state index is 6.30. The molecule has 3 rings (SSSR count). The molecule has 4 heteroatoms. The number of nitrogens with zero attached hydrogens (tertiary/aromatic N) is 2. The van der Waals surface area contributed by atoms with E-state index in [1.807, 2.05) is 42.5 Å². The number of anilines is 1. The Hall–Kier alpha value is -2.72. The maximum absolute atomic E-state index is 6.30. The summed E-state index contributed by atoms with van der Waals surface area (Å²) in [6, 6.07) is 17.8. The van der Waals surface area contributed by atoms with Gasteiger partial charge in [0.25, 0.3) is 0 Å². The first-order valence-electron chi connectivity index (χ1n) is 7.20. The molecule has 1 aromatic carbocycles. The molecule has 2 heterocycles. The second kappa shape index (κ2) is 6.37. The van der Waals surface area contributed by atoms with Gasteiger partial charge in [-0.25, -0.2) is 4.98 Å². The molecule has 4 nitrogen and oxygen atoms in total. The zero-order valence-corrected chi connectivity index (χ0v) is 12.2. The smallest absolute Gasteiger partial charge is 0.123 e. The summed E-state index contributed by atoms with van der Waals surface area (Å²) in [5, 5.41) is 0. The summed E-state index contributed by atoms with van der Waals surface area (Å²) in [5.41, 5.74) is 16.2.